The van der Waals surface area contributed by atoms with Gasteiger partial charge in [0.05, 0.1) is 18.8 Å². The average Bonchev–Trinajstić information content (AvgIpc) is 2.92. The van der Waals surface area contributed by atoms with Crippen LogP contribution in [0.1, 0.15) is 40.4 Å². The number of rotatable bonds is 9. The third-order valence-corrected chi connectivity index (χ3v) is 3.56. The second-order valence-corrected chi connectivity index (χ2v) is 5.90. The monoisotopic (exact) mass is 295 g/mol. The lowest BCUT2D eigenvalue weighted by atomic mass is 10.2. The molecule has 0 aliphatic rings. The Morgan fingerprint density at radius 1 is 1.24 bits per heavy atom. The standard InChI is InChI=1S/C16H29N3O2/c1-12(2)19(13(3)4)9-8-17-14(5)16(20)18-11-15-7-6-10-21-15/h6-7,10,12-14,17H,8-9,11H2,1-5H3,(H,18,20). The zero-order chi connectivity index (χ0) is 15.8. The summed E-state index contributed by atoms with van der Waals surface area (Å²) in [5, 5.41) is 6.13. The van der Waals surface area contributed by atoms with Crippen LogP contribution in [-0.4, -0.2) is 42.0 Å². The molecule has 0 fully saturated rings. The molecule has 0 saturated carbocycles. The summed E-state index contributed by atoms with van der Waals surface area (Å²) in [6, 6.07) is 4.47. The minimum atomic E-state index is -0.207. The number of nitrogens with one attached hydrogen (secondary N) is 2. The van der Waals surface area contributed by atoms with Crippen LogP contribution in [0.25, 0.3) is 0 Å². The summed E-state index contributed by atoms with van der Waals surface area (Å²) in [5.74, 6) is 0.758. The van der Waals surface area contributed by atoms with Crippen molar-refractivity contribution in [2.75, 3.05) is 13.1 Å². The minimum absolute atomic E-state index is 0.00737. The van der Waals surface area contributed by atoms with Crippen molar-refractivity contribution in [1.29, 1.82) is 0 Å². The Balaban J connectivity index is 2.25. The highest BCUT2D eigenvalue weighted by atomic mass is 16.3. The van der Waals surface area contributed by atoms with Gasteiger partial charge in [-0.05, 0) is 46.8 Å². The first-order valence-corrected chi connectivity index (χ1v) is 7.71. The van der Waals surface area contributed by atoms with E-state index in [0.29, 0.717) is 18.6 Å². The van der Waals surface area contributed by atoms with Crippen molar-refractivity contribution in [2.45, 2.75) is 59.3 Å². The molecular weight excluding hydrogens is 266 g/mol. The predicted octanol–water partition coefficient (Wildman–Crippen LogP) is 1.99. The fourth-order valence-electron chi connectivity index (χ4n) is 2.36. The van der Waals surface area contributed by atoms with Crippen molar-refractivity contribution in [2.24, 2.45) is 0 Å². The number of hydrogen-bond acceptors (Lipinski definition) is 4. The van der Waals surface area contributed by atoms with Crippen LogP contribution in [-0.2, 0) is 11.3 Å². The molecule has 1 atom stereocenters. The van der Waals surface area contributed by atoms with Gasteiger partial charge in [0.15, 0.2) is 0 Å². The summed E-state index contributed by atoms with van der Waals surface area (Å²) in [6.07, 6.45) is 1.61. The van der Waals surface area contributed by atoms with E-state index in [1.807, 2.05) is 19.1 Å². The van der Waals surface area contributed by atoms with E-state index in [1.165, 1.54) is 0 Å². The average molecular weight is 295 g/mol. The molecule has 1 rings (SSSR count). The van der Waals surface area contributed by atoms with Crippen LogP contribution in [0, 0.1) is 0 Å². The van der Waals surface area contributed by atoms with Gasteiger partial charge in [0.2, 0.25) is 5.91 Å². The SMILES string of the molecule is CC(NCCN(C(C)C)C(C)C)C(=O)NCc1ccco1. The third-order valence-electron chi connectivity index (χ3n) is 3.56. The largest absolute Gasteiger partial charge is 0.467 e. The van der Waals surface area contributed by atoms with Crippen LogP contribution in [0.5, 0.6) is 0 Å². The number of carbonyl (C=O) groups is 1. The Labute approximate surface area is 128 Å². The Morgan fingerprint density at radius 3 is 2.43 bits per heavy atom. The summed E-state index contributed by atoms with van der Waals surface area (Å²) in [4.78, 5) is 14.4. The van der Waals surface area contributed by atoms with E-state index in [9.17, 15) is 4.79 Å². The van der Waals surface area contributed by atoms with Gasteiger partial charge < -0.3 is 15.1 Å². The van der Waals surface area contributed by atoms with Crippen LogP contribution in [0.15, 0.2) is 22.8 Å². The van der Waals surface area contributed by atoms with Crippen molar-refractivity contribution in [1.82, 2.24) is 15.5 Å². The number of nitrogens with zero attached hydrogens (tertiary/aromatic N) is 1. The van der Waals surface area contributed by atoms with Gasteiger partial charge in [-0.25, -0.2) is 0 Å². The topological polar surface area (TPSA) is 57.5 Å². The number of amides is 1. The molecule has 1 heterocycles. The van der Waals surface area contributed by atoms with Crippen molar-refractivity contribution in [3.8, 4) is 0 Å². The molecule has 1 unspecified atom stereocenters. The van der Waals surface area contributed by atoms with Crippen molar-refractivity contribution in [3.05, 3.63) is 24.2 Å². The molecule has 0 aromatic carbocycles. The molecule has 0 saturated heterocycles. The van der Waals surface area contributed by atoms with Gasteiger partial charge in [0, 0.05) is 25.2 Å². The summed E-state index contributed by atoms with van der Waals surface area (Å²) < 4.78 is 5.19. The fourth-order valence-corrected chi connectivity index (χ4v) is 2.36. The molecule has 1 amide bonds. The molecule has 2 N–H and O–H groups in total. The summed E-state index contributed by atoms with van der Waals surface area (Å²) in [5.41, 5.74) is 0. The highest BCUT2D eigenvalue weighted by Gasteiger charge is 2.15. The normalized spacial score (nSPS) is 13.1. The van der Waals surface area contributed by atoms with Gasteiger partial charge in [0.25, 0.3) is 0 Å². The minimum Gasteiger partial charge on any atom is -0.467 e. The lowest BCUT2D eigenvalue weighted by Crippen LogP contribution is -2.47. The van der Waals surface area contributed by atoms with E-state index in [0.717, 1.165) is 18.8 Å². The molecule has 21 heavy (non-hydrogen) atoms. The zero-order valence-electron chi connectivity index (χ0n) is 13.8. The molecule has 1 aromatic rings. The van der Waals surface area contributed by atoms with E-state index in [-0.39, 0.29) is 11.9 Å². The Morgan fingerprint density at radius 2 is 1.90 bits per heavy atom. The molecule has 120 valence electrons. The Hall–Kier alpha value is -1.33. The van der Waals surface area contributed by atoms with E-state index in [1.54, 1.807) is 6.26 Å². The molecular formula is C16H29N3O2. The van der Waals surface area contributed by atoms with Gasteiger partial charge in [-0.2, -0.15) is 0 Å². The van der Waals surface area contributed by atoms with Crippen LogP contribution in [0.3, 0.4) is 0 Å². The van der Waals surface area contributed by atoms with E-state index in [4.69, 9.17) is 4.42 Å². The Kier molecular flexibility index (Phi) is 7.47. The smallest absolute Gasteiger partial charge is 0.237 e. The fraction of sp³-hybridized carbons (Fsp3) is 0.688. The molecule has 0 spiro atoms. The quantitative estimate of drug-likeness (QED) is 0.731. The van der Waals surface area contributed by atoms with E-state index in [2.05, 4.69) is 43.2 Å². The maximum Gasteiger partial charge on any atom is 0.237 e. The summed E-state index contributed by atoms with van der Waals surface area (Å²) >= 11 is 0. The highest BCUT2D eigenvalue weighted by Crippen LogP contribution is 2.03. The number of hydrogen-bond donors (Lipinski definition) is 2. The van der Waals surface area contributed by atoms with Crippen molar-refractivity contribution < 1.29 is 9.21 Å². The maximum atomic E-state index is 12.0. The second kappa shape index (κ2) is 8.85. The number of carbonyl (C=O) groups excluding carboxylic acids is 1. The van der Waals surface area contributed by atoms with Gasteiger partial charge in [-0.3, -0.25) is 9.69 Å². The Bertz CT molecular complexity index is 394. The zero-order valence-corrected chi connectivity index (χ0v) is 13.8. The second-order valence-electron chi connectivity index (χ2n) is 5.90. The molecule has 5 nitrogen and oxygen atoms in total. The van der Waals surface area contributed by atoms with Gasteiger partial charge >= 0.3 is 0 Å². The van der Waals surface area contributed by atoms with E-state index < -0.39 is 0 Å². The van der Waals surface area contributed by atoms with Crippen LogP contribution in [0.2, 0.25) is 0 Å². The van der Waals surface area contributed by atoms with Crippen LogP contribution >= 0.6 is 0 Å². The summed E-state index contributed by atoms with van der Waals surface area (Å²) in [7, 11) is 0. The van der Waals surface area contributed by atoms with Crippen LogP contribution < -0.4 is 10.6 Å². The molecule has 0 aliphatic carbocycles. The van der Waals surface area contributed by atoms with E-state index >= 15 is 0 Å². The number of furan rings is 1. The third kappa shape index (κ3) is 6.31. The first kappa shape index (κ1) is 17.7. The van der Waals surface area contributed by atoms with Crippen LogP contribution in [0.4, 0.5) is 0 Å². The lowest BCUT2D eigenvalue weighted by Gasteiger charge is -2.30. The van der Waals surface area contributed by atoms with Crippen molar-refractivity contribution in [3.63, 3.8) is 0 Å². The van der Waals surface area contributed by atoms with Gasteiger partial charge in [-0.1, -0.05) is 0 Å². The summed E-state index contributed by atoms with van der Waals surface area (Å²) in [6.45, 7) is 12.8. The predicted molar refractivity (Wildman–Crippen MR) is 85.0 cm³/mol. The van der Waals surface area contributed by atoms with Gasteiger partial charge in [-0.15, -0.1) is 0 Å². The molecule has 5 heteroatoms. The molecule has 1 aromatic heterocycles. The first-order valence-electron chi connectivity index (χ1n) is 7.71. The molecule has 0 aliphatic heterocycles. The van der Waals surface area contributed by atoms with Gasteiger partial charge in [0.1, 0.15) is 5.76 Å². The molecule has 0 bridgehead atoms. The lowest BCUT2D eigenvalue weighted by molar-refractivity contribution is -0.123. The maximum absolute atomic E-state index is 12.0. The highest BCUT2D eigenvalue weighted by molar-refractivity contribution is 5.81. The first-order chi connectivity index (χ1) is 9.91. The van der Waals surface area contributed by atoms with Crippen molar-refractivity contribution >= 4 is 5.91 Å². The molecule has 0 radical (unpaired) electrons.